The van der Waals surface area contributed by atoms with Crippen molar-refractivity contribution in [3.63, 3.8) is 0 Å². The molecule has 2 N–H and O–H groups in total. The highest BCUT2D eigenvalue weighted by Crippen LogP contribution is 2.28. The zero-order chi connectivity index (χ0) is 12.8. The van der Waals surface area contributed by atoms with E-state index in [9.17, 15) is 4.79 Å². The number of hydrogen-bond donors (Lipinski definition) is 2. The van der Waals surface area contributed by atoms with Gasteiger partial charge < -0.3 is 10.6 Å². The van der Waals surface area contributed by atoms with E-state index in [1.54, 1.807) is 0 Å². The van der Waals surface area contributed by atoms with Gasteiger partial charge in [0.2, 0.25) is 5.91 Å². The van der Waals surface area contributed by atoms with Crippen LogP contribution in [0.2, 0.25) is 0 Å². The molecule has 0 atom stereocenters. The van der Waals surface area contributed by atoms with Crippen LogP contribution in [-0.2, 0) is 11.3 Å². The fourth-order valence-electron chi connectivity index (χ4n) is 2.41. The summed E-state index contributed by atoms with van der Waals surface area (Å²) in [7, 11) is 0. The molecule has 0 bridgehead atoms. The van der Waals surface area contributed by atoms with E-state index in [-0.39, 0.29) is 5.91 Å². The van der Waals surface area contributed by atoms with E-state index in [0.717, 1.165) is 5.69 Å². The highest BCUT2D eigenvalue weighted by Gasteiger charge is 2.17. The topological polar surface area (TPSA) is 59.0 Å². The summed E-state index contributed by atoms with van der Waals surface area (Å²) in [4.78, 5) is 11.2. The molecule has 0 unspecified atom stereocenters. The molecule has 2 rings (SSSR count). The van der Waals surface area contributed by atoms with Crippen molar-refractivity contribution in [1.29, 1.82) is 0 Å². The van der Waals surface area contributed by atoms with Crippen LogP contribution in [-0.4, -0.2) is 28.8 Å². The lowest BCUT2D eigenvalue weighted by Gasteiger charge is -2.09. The van der Waals surface area contributed by atoms with Gasteiger partial charge in [-0.05, 0) is 25.8 Å². The van der Waals surface area contributed by atoms with Crippen LogP contribution in [0, 0.1) is 0 Å². The second-order valence-electron chi connectivity index (χ2n) is 4.78. The third-order valence-corrected chi connectivity index (χ3v) is 3.33. The van der Waals surface area contributed by atoms with Crippen molar-refractivity contribution < 1.29 is 4.79 Å². The quantitative estimate of drug-likeness (QED) is 0.798. The lowest BCUT2D eigenvalue weighted by molar-refractivity contribution is -0.120. The van der Waals surface area contributed by atoms with E-state index in [1.807, 2.05) is 13.0 Å². The van der Waals surface area contributed by atoms with E-state index in [2.05, 4.69) is 26.6 Å². The number of carbonyl (C=O) groups excluding carboxylic acids is 1. The molecule has 0 aromatic carbocycles. The van der Waals surface area contributed by atoms with Crippen molar-refractivity contribution in [3.8, 4) is 0 Å². The molecule has 0 radical (unpaired) electrons. The smallest absolute Gasteiger partial charge is 0.233 e. The summed E-state index contributed by atoms with van der Waals surface area (Å²) in [6.07, 6.45) is 7.17. The third-order valence-electron chi connectivity index (χ3n) is 3.33. The van der Waals surface area contributed by atoms with Crippen LogP contribution in [0.25, 0.3) is 0 Å². The van der Waals surface area contributed by atoms with Crippen molar-refractivity contribution in [2.45, 2.75) is 45.2 Å². The zero-order valence-corrected chi connectivity index (χ0v) is 11.0. The van der Waals surface area contributed by atoms with Gasteiger partial charge in [-0.3, -0.25) is 9.48 Å². The molecule has 1 aliphatic carbocycles. The van der Waals surface area contributed by atoms with Crippen LogP contribution in [0.4, 0.5) is 0 Å². The van der Waals surface area contributed by atoms with Crippen molar-refractivity contribution >= 4 is 5.91 Å². The lowest BCUT2D eigenvalue weighted by Crippen LogP contribution is -2.33. The molecule has 0 saturated heterocycles. The van der Waals surface area contributed by atoms with Crippen LogP contribution in [0.3, 0.4) is 0 Å². The average molecular weight is 250 g/mol. The Kier molecular flexibility index (Phi) is 4.75. The molecule has 1 aromatic heterocycles. The fourth-order valence-corrected chi connectivity index (χ4v) is 2.41. The van der Waals surface area contributed by atoms with Crippen LogP contribution >= 0.6 is 0 Å². The average Bonchev–Trinajstić information content (AvgIpc) is 2.99. The number of rotatable bonds is 6. The van der Waals surface area contributed by atoms with Crippen molar-refractivity contribution in [2.75, 3.05) is 13.1 Å². The van der Waals surface area contributed by atoms with Gasteiger partial charge in [0.25, 0.3) is 0 Å². The number of carbonyl (C=O) groups is 1. The zero-order valence-electron chi connectivity index (χ0n) is 11.0. The number of amides is 1. The van der Waals surface area contributed by atoms with Crippen LogP contribution < -0.4 is 10.6 Å². The summed E-state index contributed by atoms with van der Waals surface area (Å²) in [5.74, 6) is 0.0349. The molecule has 18 heavy (non-hydrogen) atoms. The predicted octanol–water partition coefficient (Wildman–Crippen LogP) is 1.22. The largest absolute Gasteiger partial charge is 0.355 e. The summed E-state index contributed by atoms with van der Waals surface area (Å²) in [6, 6.07) is 2.62. The molecule has 1 saturated carbocycles. The van der Waals surface area contributed by atoms with Gasteiger partial charge >= 0.3 is 0 Å². The van der Waals surface area contributed by atoms with Crippen molar-refractivity contribution in [2.24, 2.45) is 0 Å². The molecule has 1 fully saturated rings. The van der Waals surface area contributed by atoms with Gasteiger partial charge in [-0.25, -0.2) is 0 Å². The van der Waals surface area contributed by atoms with Crippen LogP contribution in [0.15, 0.2) is 12.3 Å². The maximum absolute atomic E-state index is 11.2. The molecule has 1 aromatic rings. The minimum atomic E-state index is 0.0349. The summed E-state index contributed by atoms with van der Waals surface area (Å²) in [6.45, 7) is 3.60. The summed E-state index contributed by atoms with van der Waals surface area (Å²) >= 11 is 0. The minimum absolute atomic E-state index is 0.0349. The number of likely N-dealkylation sites (N-methyl/N-ethyl adjacent to an activating group) is 1. The summed E-state index contributed by atoms with van der Waals surface area (Å²) in [5, 5.41) is 10.4. The second-order valence-corrected chi connectivity index (χ2v) is 4.78. The summed E-state index contributed by atoms with van der Waals surface area (Å²) in [5.41, 5.74) is 1.01. The fraction of sp³-hybridized carbons (Fsp3) is 0.692. The van der Waals surface area contributed by atoms with Gasteiger partial charge in [-0.1, -0.05) is 12.8 Å². The molecule has 0 aliphatic heterocycles. The Labute approximate surface area is 108 Å². The van der Waals surface area contributed by atoms with Gasteiger partial charge in [-0.15, -0.1) is 0 Å². The highest BCUT2D eigenvalue weighted by molar-refractivity contribution is 5.77. The Morgan fingerprint density at radius 2 is 2.28 bits per heavy atom. The van der Waals surface area contributed by atoms with Gasteiger partial charge in [-0.2, -0.15) is 5.10 Å². The van der Waals surface area contributed by atoms with Gasteiger partial charge in [0.05, 0.1) is 18.3 Å². The van der Waals surface area contributed by atoms with E-state index in [1.165, 1.54) is 25.7 Å². The van der Waals surface area contributed by atoms with Gasteiger partial charge in [0.15, 0.2) is 0 Å². The Bertz CT molecular complexity index is 382. The number of nitrogens with one attached hydrogen (secondary N) is 2. The van der Waals surface area contributed by atoms with Crippen molar-refractivity contribution in [1.82, 2.24) is 20.4 Å². The van der Waals surface area contributed by atoms with E-state index in [0.29, 0.717) is 25.7 Å². The minimum Gasteiger partial charge on any atom is -0.355 e. The normalized spacial score (nSPS) is 16.1. The first-order chi connectivity index (χ1) is 8.79. The standard InChI is InChI=1S/C13H22N4O/c1-2-15-13(18)10-14-9-11-7-8-17(16-11)12-5-3-4-6-12/h7-8,12,14H,2-6,9-10H2,1H3,(H,15,18). The first-order valence-electron chi connectivity index (χ1n) is 6.81. The molecule has 1 amide bonds. The maximum atomic E-state index is 11.2. The Morgan fingerprint density at radius 3 is 3.00 bits per heavy atom. The molecule has 5 heteroatoms. The Hall–Kier alpha value is -1.36. The molecule has 100 valence electrons. The molecule has 0 spiro atoms. The predicted molar refractivity (Wildman–Crippen MR) is 70.1 cm³/mol. The Balaban J connectivity index is 1.74. The lowest BCUT2D eigenvalue weighted by atomic mass is 10.3. The monoisotopic (exact) mass is 250 g/mol. The highest BCUT2D eigenvalue weighted by atomic mass is 16.1. The van der Waals surface area contributed by atoms with E-state index < -0.39 is 0 Å². The van der Waals surface area contributed by atoms with Crippen LogP contribution in [0.1, 0.15) is 44.3 Å². The maximum Gasteiger partial charge on any atom is 0.233 e. The van der Waals surface area contributed by atoms with Crippen molar-refractivity contribution in [3.05, 3.63) is 18.0 Å². The van der Waals surface area contributed by atoms with Crippen LogP contribution in [0.5, 0.6) is 0 Å². The van der Waals surface area contributed by atoms with Gasteiger partial charge in [0.1, 0.15) is 0 Å². The molecular weight excluding hydrogens is 228 g/mol. The number of hydrogen-bond acceptors (Lipinski definition) is 3. The summed E-state index contributed by atoms with van der Waals surface area (Å²) < 4.78 is 2.08. The van der Waals surface area contributed by atoms with E-state index in [4.69, 9.17) is 0 Å². The first-order valence-corrected chi connectivity index (χ1v) is 6.81. The molecule has 1 aliphatic rings. The number of nitrogens with zero attached hydrogens (tertiary/aromatic N) is 2. The number of aromatic nitrogens is 2. The Morgan fingerprint density at radius 1 is 1.50 bits per heavy atom. The first kappa shape index (κ1) is 13.1. The molecule has 5 nitrogen and oxygen atoms in total. The van der Waals surface area contributed by atoms with Gasteiger partial charge in [0, 0.05) is 19.3 Å². The molecular formula is C13H22N4O. The molecule has 1 heterocycles. The third kappa shape index (κ3) is 3.57. The SMILES string of the molecule is CCNC(=O)CNCc1ccn(C2CCCC2)n1. The van der Waals surface area contributed by atoms with E-state index >= 15 is 0 Å². The second kappa shape index (κ2) is 6.54.